The van der Waals surface area contributed by atoms with E-state index in [1.54, 1.807) is 36.1 Å². The summed E-state index contributed by atoms with van der Waals surface area (Å²) in [6.07, 6.45) is 6.34. The van der Waals surface area contributed by atoms with Gasteiger partial charge in [-0.1, -0.05) is 61.7 Å². The van der Waals surface area contributed by atoms with Crippen molar-refractivity contribution in [1.82, 2.24) is 10.2 Å². The number of carbonyl (C=O) groups is 2. The van der Waals surface area contributed by atoms with E-state index < -0.39 is 22.1 Å². The molecule has 0 radical (unpaired) electrons. The van der Waals surface area contributed by atoms with Crippen LogP contribution in [0.2, 0.25) is 0 Å². The van der Waals surface area contributed by atoms with Crippen LogP contribution in [0.5, 0.6) is 0 Å². The van der Waals surface area contributed by atoms with Crippen LogP contribution < -0.4 is 9.62 Å². The Bertz CT molecular complexity index is 1110. The molecule has 1 saturated carbocycles. The highest BCUT2D eigenvalue weighted by molar-refractivity contribution is 7.92. The number of hydrogen-bond acceptors (Lipinski definition) is 4. The number of amides is 2. The molecule has 2 aromatic carbocycles. The molecule has 1 aliphatic heterocycles. The minimum absolute atomic E-state index is 0.0711. The zero-order valence-corrected chi connectivity index (χ0v) is 19.9. The van der Waals surface area contributed by atoms with Gasteiger partial charge in [-0.25, -0.2) is 8.42 Å². The Morgan fingerprint density at radius 2 is 1.64 bits per heavy atom. The van der Waals surface area contributed by atoms with Crippen molar-refractivity contribution in [3.63, 3.8) is 0 Å². The van der Waals surface area contributed by atoms with Crippen LogP contribution in [0.25, 0.3) is 0 Å². The van der Waals surface area contributed by atoms with Gasteiger partial charge in [0.15, 0.2) is 0 Å². The van der Waals surface area contributed by atoms with Gasteiger partial charge < -0.3 is 10.2 Å². The summed E-state index contributed by atoms with van der Waals surface area (Å²) in [7, 11) is -3.62. The quantitative estimate of drug-likeness (QED) is 0.726. The van der Waals surface area contributed by atoms with Crippen molar-refractivity contribution >= 4 is 27.5 Å². The predicted molar refractivity (Wildman–Crippen MR) is 128 cm³/mol. The summed E-state index contributed by atoms with van der Waals surface area (Å²) in [6.45, 7) is 1.87. The molecule has 8 heteroatoms. The van der Waals surface area contributed by atoms with Crippen LogP contribution >= 0.6 is 0 Å². The molecule has 0 spiro atoms. The molecule has 1 fully saturated rings. The molecule has 0 unspecified atom stereocenters. The molecular formula is C25H31N3O4S. The van der Waals surface area contributed by atoms with Gasteiger partial charge in [-0.3, -0.25) is 13.9 Å². The highest BCUT2D eigenvalue weighted by Crippen LogP contribution is 2.34. The van der Waals surface area contributed by atoms with E-state index >= 15 is 0 Å². The second-order valence-corrected chi connectivity index (χ2v) is 10.9. The first-order valence-corrected chi connectivity index (χ1v) is 13.4. The Labute approximate surface area is 195 Å². The second-order valence-electron chi connectivity index (χ2n) is 9.03. The molecule has 4 rings (SSSR count). The van der Waals surface area contributed by atoms with E-state index in [-0.39, 0.29) is 30.0 Å². The molecule has 2 aliphatic rings. The lowest BCUT2D eigenvalue weighted by atomic mass is 9.94. The molecule has 1 aliphatic carbocycles. The Balaban J connectivity index is 1.77. The Kier molecular flexibility index (Phi) is 6.74. The number of benzene rings is 2. The second kappa shape index (κ2) is 9.55. The summed E-state index contributed by atoms with van der Waals surface area (Å²) < 4.78 is 26.5. The minimum Gasteiger partial charge on any atom is -0.351 e. The summed E-state index contributed by atoms with van der Waals surface area (Å²) in [5, 5.41) is 3.18. The first-order valence-electron chi connectivity index (χ1n) is 11.5. The van der Waals surface area contributed by atoms with Crippen LogP contribution in [0.4, 0.5) is 5.69 Å². The topological polar surface area (TPSA) is 86.8 Å². The lowest BCUT2D eigenvalue weighted by Crippen LogP contribution is -2.51. The lowest BCUT2D eigenvalue weighted by Gasteiger charge is -2.36. The van der Waals surface area contributed by atoms with E-state index in [4.69, 9.17) is 0 Å². The fourth-order valence-corrected chi connectivity index (χ4v) is 5.93. The average molecular weight is 470 g/mol. The fourth-order valence-electron chi connectivity index (χ4n) is 4.92. The fraction of sp³-hybridized carbons (Fsp3) is 0.440. The first kappa shape index (κ1) is 23.3. The number of nitrogens with zero attached hydrogens (tertiary/aromatic N) is 2. The molecule has 33 heavy (non-hydrogen) atoms. The van der Waals surface area contributed by atoms with Crippen molar-refractivity contribution in [2.45, 2.75) is 57.2 Å². The van der Waals surface area contributed by atoms with Crippen LogP contribution in [-0.4, -0.2) is 50.0 Å². The number of carbonyl (C=O) groups excluding carboxylic acids is 2. The largest absolute Gasteiger partial charge is 0.351 e. The molecule has 0 aromatic heterocycles. The maximum absolute atomic E-state index is 13.9. The van der Waals surface area contributed by atoms with E-state index in [1.807, 2.05) is 30.3 Å². The summed E-state index contributed by atoms with van der Waals surface area (Å²) in [6, 6.07) is 14.7. The third-order valence-corrected chi connectivity index (χ3v) is 7.68. The molecule has 0 saturated heterocycles. The van der Waals surface area contributed by atoms with Crippen LogP contribution in [-0.2, 0) is 14.8 Å². The molecule has 2 amide bonds. The van der Waals surface area contributed by atoms with E-state index in [0.717, 1.165) is 31.9 Å². The van der Waals surface area contributed by atoms with Crippen molar-refractivity contribution in [1.29, 1.82) is 0 Å². The monoisotopic (exact) mass is 469 g/mol. The molecule has 0 bridgehead atoms. The van der Waals surface area contributed by atoms with Gasteiger partial charge in [0.2, 0.25) is 15.9 Å². The number of rotatable bonds is 5. The van der Waals surface area contributed by atoms with E-state index in [9.17, 15) is 18.0 Å². The van der Waals surface area contributed by atoms with Crippen molar-refractivity contribution < 1.29 is 18.0 Å². The number of fused-ring (bicyclic) bond motifs is 1. The smallest absolute Gasteiger partial charge is 0.257 e. The van der Waals surface area contributed by atoms with Gasteiger partial charge >= 0.3 is 0 Å². The third-order valence-electron chi connectivity index (χ3n) is 6.54. The standard InChI is InChI=1S/C25H31N3O4S/c1-18-17-27(33(2,31)32)22-16-10-9-15-21(22)25(30)28(18)23(19-11-5-3-6-12-19)24(29)26-20-13-7-4-8-14-20/h3,5-6,9-12,15-16,18,20,23H,4,7-8,13-14,17H2,1-2H3,(H,26,29)/t18-,23-/m0/s1. The zero-order valence-electron chi connectivity index (χ0n) is 19.1. The van der Waals surface area contributed by atoms with E-state index in [2.05, 4.69) is 5.32 Å². The first-order chi connectivity index (χ1) is 15.8. The van der Waals surface area contributed by atoms with Gasteiger partial charge in [0.25, 0.3) is 5.91 Å². The predicted octanol–water partition coefficient (Wildman–Crippen LogP) is 3.49. The van der Waals surface area contributed by atoms with Crippen LogP contribution in [0.15, 0.2) is 54.6 Å². The maximum Gasteiger partial charge on any atom is 0.257 e. The van der Waals surface area contributed by atoms with Crippen LogP contribution in [0, 0.1) is 0 Å². The van der Waals surface area contributed by atoms with Crippen molar-refractivity contribution in [3.8, 4) is 0 Å². The SMILES string of the molecule is C[C@H]1CN(S(C)(=O)=O)c2ccccc2C(=O)N1[C@H](C(=O)NC1CCCCC1)c1ccccc1. The number of anilines is 1. The Hall–Kier alpha value is -2.87. The molecule has 7 nitrogen and oxygen atoms in total. The average Bonchev–Trinajstić information content (AvgIpc) is 2.91. The highest BCUT2D eigenvalue weighted by Gasteiger charge is 2.41. The lowest BCUT2D eigenvalue weighted by molar-refractivity contribution is -0.127. The highest BCUT2D eigenvalue weighted by atomic mass is 32.2. The molecule has 2 atom stereocenters. The molecular weight excluding hydrogens is 438 g/mol. The number of para-hydroxylation sites is 1. The van der Waals surface area contributed by atoms with E-state index in [0.29, 0.717) is 11.3 Å². The third kappa shape index (κ3) is 4.90. The van der Waals surface area contributed by atoms with Gasteiger partial charge in [0.05, 0.1) is 24.1 Å². The molecule has 176 valence electrons. The van der Waals surface area contributed by atoms with Crippen molar-refractivity contribution in [2.75, 3.05) is 17.1 Å². The number of hydrogen-bond donors (Lipinski definition) is 1. The zero-order chi connectivity index (χ0) is 23.6. The maximum atomic E-state index is 13.9. The summed E-state index contributed by atoms with van der Waals surface area (Å²) in [5.74, 6) is -0.574. The Morgan fingerprint density at radius 1 is 1.00 bits per heavy atom. The van der Waals surface area contributed by atoms with Gasteiger partial charge in [0, 0.05) is 12.1 Å². The molecule has 1 N–H and O–H groups in total. The van der Waals surface area contributed by atoms with Gasteiger partial charge in [0.1, 0.15) is 6.04 Å². The van der Waals surface area contributed by atoms with Crippen LogP contribution in [0.1, 0.15) is 61.0 Å². The minimum atomic E-state index is -3.62. The van der Waals surface area contributed by atoms with Crippen LogP contribution in [0.3, 0.4) is 0 Å². The number of sulfonamides is 1. The molecule has 2 aromatic rings. The van der Waals surface area contributed by atoms with E-state index in [1.165, 1.54) is 10.7 Å². The summed E-state index contributed by atoms with van der Waals surface area (Å²) in [5.41, 5.74) is 1.33. The number of nitrogens with one attached hydrogen (secondary N) is 1. The Morgan fingerprint density at radius 3 is 2.30 bits per heavy atom. The normalized spacial score (nSPS) is 20.7. The van der Waals surface area contributed by atoms with Gasteiger partial charge in [-0.15, -0.1) is 0 Å². The molecule has 1 heterocycles. The summed E-state index contributed by atoms with van der Waals surface area (Å²) in [4.78, 5) is 29.1. The van der Waals surface area contributed by atoms with Gasteiger partial charge in [-0.05, 0) is 37.5 Å². The van der Waals surface area contributed by atoms with Gasteiger partial charge in [-0.2, -0.15) is 0 Å². The van der Waals surface area contributed by atoms with Crippen molar-refractivity contribution in [3.05, 3.63) is 65.7 Å². The van der Waals surface area contributed by atoms with Crippen molar-refractivity contribution in [2.24, 2.45) is 0 Å². The summed E-state index contributed by atoms with van der Waals surface area (Å²) >= 11 is 0.